The van der Waals surface area contributed by atoms with Crippen LogP contribution >= 0.6 is 0 Å². The number of pyridine rings is 1. The lowest BCUT2D eigenvalue weighted by atomic mass is 10.1. The fourth-order valence-corrected chi connectivity index (χ4v) is 1.32. The number of nitrogens with zero attached hydrogens (tertiary/aromatic N) is 3. The molecule has 0 aromatic carbocycles. The van der Waals surface area contributed by atoms with Gasteiger partial charge in [-0.15, -0.1) is 0 Å². The van der Waals surface area contributed by atoms with Crippen LogP contribution < -0.4 is 0 Å². The van der Waals surface area contributed by atoms with Crippen molar-refractivity contribution in [2.45, 2.75) is 0 Å². The number of carbonyl (C=O) groups excluding carboxylic acids is 1. The smallest absolute Gasteiger partial charge is 0.359 e. The standard InChI is InChI=1S/C11H8FN3O2/c1-17-11(16)10-8(12)9(14-6-15-10)7-2-4-13-5-3-7/h2-6H,1H3. The first-order valence-electron chi connectivity index (χ1n) is 4.73. The molecule has 6 heteroatoms. The van der Waals surface area contributed by atoms with Crippen LogP contribution in [0, 0.1) is 5.82 Å². The lowest BCUT2D eigenvalue weighted by Crippen LogP contribution is -2.09. The number of carbonyl (C=O) groups is 1. The highest BCUT2D eigenvalue weighted by Crippen LogP contribution is 2.20. The summed E-state index contributed by atoms with van der Waals surface area (Å²) in [6, 6.07) is 3.18. The Morgan fingerprint density at radius 3 is 2.65 bits per heavy atom. The summed E-state index contributed by atoms with van der Waals surface area (Å²) in [4.78, 5) is 22.4. The van der Waals surface area contributed by atoms with E-state index in [9.17, 15) is 9.18 Å². The Kier molecular flexibility index (Phi) is 3.04. The first-order chi connectivity index (χ1) is 8.24. The van der Waals surface area contributed by atoms with E-state index in [0.717, 1.165) is 13.4 Å². The Hall–Kier alpha value is -2.37. The normalized spacial score (nSPS) is 10.0. The van der Waals surface area contributed by atoms with E-state index in [0.29, 0.717) is 5.56 Å². The molecule has 0 aliphatic carbocycles. The van der Waals surface area contributed by atoms with Crippen molar-refractivity contribution in [3.8, 4) is 11.3 Å². The zero-order chi connectivity index (χ0) is 12.3. The van der Waals surface area contributed by atoms with Gasteiger partial charge < -0.3 is 4.74 Å². The van der Waals surface area contributed by atoms with Gasteiger partial charge in [-0.05, 0) is 12.1 Å². The third kappa shape index (κ3) is 2.10. The van der Waals surface area contributed by atoms with Gasteiger partial charge in [-0.2, -0.15) is 0 Å². The maximum atomic E-state index is 13.9. The third-order valence-corrected chi connectivity index (χ3v) is 2.12. The second-order valence-electron chi connectivity index (χ2n) is 3.11. The molecule has 0 aliphatic rings. The minimum Gasteiger partial charge on any atom is -0.464 e. The van der Waals surface area contributed by atoms with Crippen LogP contribution in [0.15, 0.2) is 30.9 Å². The summed E-state index contributed by atoms with van der Waals surface area (Å²) in [7, 11) is 1.16. The van der Waals surface area contributed by atoms with Crippen LogP contribution in [-0.2, 0) is 4.74 Å². The van der Waals surface area contributed by atoms with Gasteiger partial charge in [0.25, 0.3) is 0 Å². The topological polar surface area (TPSA) is 65.0 Å². The highest BCUT2D eigenvalue weighted by molar-refractivity contribution is 5.88. The Labute approximate surface area is 96.3 Å². The average molecular weight is 233 g/mol. The van der Waals surface area contributed by atoms with Crippen LogP contribution in [0.25, 0.3) is 11.3 Å². The fraction of sp³-hybridized carbons (Fsp3) is 0.0909. The van der Waals surface area contributed by atoms with Gasteiger partial charge in [0.2, 0.25) is 0 Å². The summed E-state index contributed by atoms with van der Waals surface area (Å²) < 4.78 is 18.4. The minimum atomic E-state index is -0.833. The van der Waals surface area contributed by atoms with Crippen molar-refractivity contribution in [2.24, 2.45) is 0 Å². The molecule has 0 N–H and O–H groups in total. The second-order valence-corrected chi connectivity index (χ2v) is 3.11. The van der Waals surface area contributed by atoms with Crippen molar-refractivity contribution in [1.29, 1.82) is 0 Å². The molecule has 0 saturated carbocycles. The summed E-state index contributed by atoms with van der Waals surface area (Å²) in [5.41, 5.74) is 0.183. The van der Waals surface area contributed by atoms with E-state index in [2.05, 4.69) is 19.7 Å². The zero-order valence-electron chi connectivity index (χ0n) is 8.92. The van der Waals surface area contributed by atoms with Crippen molar-refractivity contribution < 1.29 is 13.9 Å². The maximum Gasteiger partial charge on any atom is 0.359 e. The minimum absolute atomic E-state index is 0.0443. The van der Waals surface area contributed by atoms with E-state index in [1.165, 1.54) is 12.4 Å². The van der Waals surface area contributed by atoms with Crippen molar-refractivity contribution in [1.82, 2.24) is 15.0 Å². The molecule has 0 bridgehead atoms. The number of esters is 1. The molecule has 0 fully saturated rings. The monoisotopic (exact) mass is 233 g/mol. The number of aromatic nitrogens is 3. The van der Waals surface area contributed by atoms with Gasteiger partial charge in [-0.3, -0.25) is 4.98 Å². The van der Waals surface area contributed by atoms with Gasteiger partial charge in [0.15, 0.2) is 11.5 Å². The molecule has 0 amide bonds. The number of hydrogen-bond acceptors (Lipinski definition) is 5. The molecular weight excluding hydrogens is 225 g/mol. The predicted octanol–water partition coefficient (Wildman–Crippen LogP) is 1.46. The molecule has 2 aromatic rings. The van der Waals surface area contributed by atoms with E-state index in [4.69, 9.17) is 0 Å². The molecule has 0 atom stereocenters. The molecule has 17 heavy (non-hydrogen) atoms. The van der Waals surface area contributed by atoms with E-state index in [-0.39, 0.29) is 11.4 Å². The quantitative estimate of drug-likeness (QED) is 0.735. The lowest BCUT2D eigenvalue weighted by molar-refractivity contribution is 0.0588. The van der Waals surface area contributed by atoms with Crippen molar-refractivity contribution in [2.75, 3.05) is 7.11 Å². The van der Waals surface area contributed by atoms with Gasteiger partial charge in [0, 0.05) is 18.0 Å². The summed E-state index contributed by atoms with van der Waals surface area (Å²) >= 11 is 0. The van der Waals surface area contributed by atoms with Crippen molar-refractivity contribution in [3.05, 3.63) is 42.4 Å². The second kappa shape index (κ2) is 4.65. The lowest BCUT2D eigenvalue weighted by Gasteiger charge is -2.04. The molecule has 0 spiro atoms. The molecule has 86 valence electrons. The number of halogens is 1. The van der Waals surface area contributed by atoms with E-state index >= 15 is 0 Å². The van der Waals surface area contributed by atoms with Gasteiger partial charge in [0.05, 0.1) is 7.11 Å². The number of ether oxygens (including phenoxy) is 1. The molecule has 0 unspecified atom stereocenters. The first kappa shape index (κ1) is 11.1. The van der Waals surface area contributed by atoms with E-state index < -0.39 is 11.8 Å². The maximum absolute atomic E-state index is 13.9. The molecule has 2 aromatic heterocycles. The van der Waals surface area contributed by atoms with E-state index in [1.807, 2.05) is 0 Å². The van der Waals surface area contributed by atoms with Gasteiger partial charge >= 0.3 is 5.97 Å². The number of methoxy groups -OCH3 is 1. The largest absolute Gasteiger partial charge is 0.464 e. The predicted molar refractivity (Wildman–Crippen MR) is 56.6 cm³/mol. The molecule has 0 saturated heterocycles. The van der Waals surface area contributed by atoms with Crippen LogP contribution in [0.1, 0.15) is 10.5 Å². The Bertz CT molecular complexity index is 546. The van der Waals surface area contributed by atoms with Crippen LogP contribution in [0.2, 0.25) is 0 Å². The van der Waals surface area contributed by atoms with Gasteiger partial charge in [-0.25, -0.2) is 19.2 Å². The highest BCUT2D eigenvalue weighted by atomic mass is 19.1. The van der Waals surface area contributed by atoms with Crippen LogP contribution in [0.5, 0.6) is 0 Å². The number of hydrogen-bond donors (Lipinski definition) is 0. The van der Waals surface area contributed by atoms with Gasteiger partial charge in [0.1, 0.15) is 12.0 Å². The van der Waals surface area contributed by atoms with E-state index in [1.54, 1.807) is 12.1 Å². The van der Waals surface area contributed by atoms with Crippen LogP contribution in [0.4, 0.5) is 4.39 Å². The summed E-state index contributed by atoms with van der Waals surface area (Å²) in [6.45, 7) is 0. The average Bonchev–Trinajstić information content (AvgIpc) is 2.39. The fourth-order valence-electron chi connectivity index (χ4n) is 1.32. The zero-order valence-corrected chi connectivity index (χ0v) is 8.92. The summed E-state index contributed by atoms with van der Waals surface area (Å²) in [5, 5.41) is 0. The third-order valence-electron chi connectivity index (χ3n) is 2.12. The molecule has 0 radical (unpaired) electrons. The first-order valence-corrected chi connectivity index (χ1v) is 4.73. The molecule has 5 nitrogen and oxygen atoms in total. The molecular formula is C11H8FN3O2. The SMILES string of the molecule is COC(=O)c1ncnc(-c2ccncc2)c1F. The molecule has 2 heterocycles. The summed E-state index contributed by atoms with van der Waals surface area (Å²) in [6.07, 6.45) is 4.13. The molecule has 2 rings (SSSR count). The highest BCUT2D eigenvalue weighted by Gasteiger charge is 2.19. The summed E-state index contributed by atoms with van der Waals surface area (Å²) in [5.74, 6) is -1.63. The Balaban J connectivity index is 2.54. The Morgan fingerprint density at radius 1 is 1.29 bits per heavy atom. The van der Waals surface area contributed by atoms with Gasteiger partial charge in [-0.1, -0.05) is 0 Å². The van der Waals surface area contributed by atoms with Crippen molar-refractivity contribution >= 4 is 5.97 Å². The number of rotatable bonds is 2. The molecule has 0 aliphatic heterocycles. The van der Waals surface area contributed by atoms with Crippen molar-refractivity contribution in [3.63, 3.8) is 0 Å². The van der Waals surface area contributed by atoms with Crippen LogP contribution in [0.3, 0.4) is 0 Å². The van der Waals surface area contributed by atoms with Crippen LogP contribution in [-0.4, -0.2) is 28.0 Å². The Morgan fingerprint density at radius 2 is 2.00 bits per heavy atom.